The second kappa shape index (κ2) is 8.11. The molecule has 4 heteroatoms. The summed E-state index contributed by atoms with van der Waals surface area (Å²) in [5, 5.41) is 6.93. The Hall–Kier alpha value is -0.450. The normalized spacial score (nSPS) is 15.4. The van der Waals surface area contributed by atoms with Crippen LogP contribution in [-0.2, 0) is 13.1 Å². The van der Waals surface area contributed by atoms with Crippen molar-refractivity contribution < 1.29 is 0 Å². The number of hydrogen-bond donors (Lipinski definition) is 1. The van der Waals surface area contributed by atoms with Crippen molar-refractivity contribution in [3.8, 4) is 0 Å². The van der Waals surface area contributed by atoms with Gasteiger partial charge in [0.15, 0.2) is 0 Å². The molecule has 0 amide bonds. The van der Waals surface area contributed by atoms with E-state index in [4.69, 9.17) is 4.98 Å². The fraction of sp³-hybridized carbons (Fsp3) is 0.812. The predicted molar refractivity (Wildman–Crippen MR) is 87.0 cm³/mol. The molecule has 3 nitrogen and oxygen atoms in total. The van der Waals surface area contributed by atoms with Gasteiger partial charge in [-0.1, -0.05) is 20.8 Å². The minimum Gasteiger partial charge on any atom is -0.310 e. The van der Waals surface area contributed by atoms with E-state index in [0.717, 1.165) is 25.6 Å². The topological polar surface area (TPSA) is 28.2 Å². The van der Waals surface area contributed by atoms with Crippen LogP contribution in [0.5, 0.6) is 0 Å². The van der Waals surface area contributed by atoms with Crippen molar-refractivity contribution in [1.82, 2.24) is 15.2 Å². The zero-order valence-electron chi connectivity index (χ0n) is 13.2. The van der Waals surface area contributed by atoms with Crippen LogP contribution >= 0.6 is 11.3 Å². The Morgan fingerprint density at radius 2 is 2.25 bits per heavy atom. The third-order valence-corrected chi connectivity index (χ3v) is 4.46. The summed E-state index contributed by atoms with van der Waals surface area (Å²) in [5.41, 5.74) is 1.26. The lowest BCUT2D eigenvalue weighted by Crippen LogP contribution is -2.26. The Bertz CT molecular complexity index is 385. The van der Waals surface area contributed by atoms with Crippen molar-refractivity contribution in [2.75, 3.05) is 19.6 Å². The van der Waals surface area contributed by atoms with Crippen molar-refractivity contribution >= 4 is 11.3 Å². The Labute approximate surface area is 127 Å². The number of aromatic nitrogens is 1. The van der Waals surface area contributed by atoms with Crippen LogP contribution in [-0.4, -0.2) is 29.5 Å². The van der Waals surface area contributed by atoms with E-state index in [1.165, 1.54) is 43.1 Å². The van der Waals surface area contributed by atoms with E-state index in [-0.39, 0.29) is 0 Å². The number of thiazole rings is 1. The summed E-state index contributed by atoms with van der Waals surface area (Å²) in [4.78, 5) is 7.35. The molecule has 0 atom stereocenters. The molecule has 114 valence electrons. The summed E-state index contributed by atoms with van der Waals surface area (Å²) < 4.78 is 0. The van der Waals surface area contributed by atoms with Gasteiger partial charge in [-0.05, 0) is 44.2 Å². The zero-order valence-corrected chi connectivity index (χ0v) is 14.0. The molecule has 2 rings (SSSR count). The first-order chi connectivity index (χ1) is 9.67. The summed E-state index contributed by atoms with van der Waals surface area (Å²) in [6, 6.07) is 0. The van der Waals surface area contributed by atoms with E-state index in [1.54, 1.807) is 11.3 Å². The van der Waals surface area contributed by atoms with Gasteiger partial charge in [0.2, 0.25) is 0 Å². The molecule has 20 heavy (non-hydrogen) atoms. The van der Waals surface area contributed by atoms with Gasteiger partial charge in [-0.2, -0.15) is 0 Å². The smallest absolute Gasteiger partial charge is 0.107 e. The lowest BCUT2D eigenvalue weighted by Gasteiger charge is -2.20. The highest BCUT2D eigenvalue weighted by atomic mass is 32.1. The van der Waals surface area contributed by atoms with E-state index in [2.05, 4.69) is 36.4 Å². The number of nitrogens with zero attached hydrogens (tertiary/aromatic N) is 2. The molecule has 1 aromatic rings. The predicted octanol–water partition coefficient (Wildman–Crippen LogP) is 3.51. The quantitative estimate of drug-likeness (QED) is 0.716. The van der Waals surface area contributed by atoms with Crippen LogP contribution in [0.4, 0.5) is 0 Å². The van der Waals surface area contributed by atoms with Crippen LogP contribution in [0.25, 0.3) is 0 Å². The Kier molecular flexibility index (Phi) is 6.46. The SMILES string of the molecule is CCCN(Cc1csc(CNCC(C)C)n1)CC1CC1. The van der Waals surface area contributed by atoms with Crippen molar-refractivity contribution in [3.63, 3.8) is 0 Å². The standard InChI is InChI=1S/C16H29N3S/c1-4-7-19(10-14-5-6-14)11-15-12-20-16(18-15)9-17-8-13(2)3/h12-14,17H,4-11H2,1-3H3. The summed E-state index contributed by atoms with van der Waals surface area (Å²) in [6.45, 7) is 12.2. The molecular weight excluding hydrogens is 266 g/mol. The average molecular weight is 295 g/mol. The van der Waals surface area contributed by atoms with Crippen molar-refractivity contribution in [2.45, 2.75) is 53.1 Å². The van der Waals surface area contributed by atoms with E-state index < -0.39 is 0 Å². The third kappa shape index (κ3) is 5.90. The van der Waals surface area contributed by atoms with Gasteiger partial charge in [-0.25, -0.2) is 4.98 Å². The molecular formula is C16H29N3S. The molecule has 1 aliphatic rings. The molecule has 0 saturated heterocycles. The summed E-state index contributed by atoms with van der Waals surface area (Å²) in [5.74, 6) is 1.67. The summed E-state index contributed by atoms with van der Waals surface area (Å²) >= 11 is 1.80. The van der Waals surface area contributed by atoms with E-state index in [9.17, 15) is 0 Å². The van der Waals surface area contributed by atoms with Gasteiger partial charge in [0.1, 0.15) is 5.01 Å². The Morgan fingerprint density at radius 1 is 1.45 bits per heavy atom. The largest absolute Gasteiger partial charge is 0.310 e. The van der Waals surface area contributed by atoms with Crippen LogP contribution in [0, 0.1) is 11.8 Å². The number of hydrogen-bond acceptors (Lipinski definition) is 4. The first kappa shape index (κ1) is 15.9. The Morgan fingerprint density at radius 3 is 2.90 bits per heavy atom. The molecule has 1 fully saturated rings. The number of nitrogens with one attached hydrogen (secondary N) is 1. The molecule has 0 aliphatic heterocycles. The second-order valence-electron chi connectivity index (χ2n) is 6.44. The first-order valence-corrected chi connectivity index (χ1v) is 8.91. The van der Waals surface area contributed by atoms with Gasteiger partial charge in [0.05, 0.1) is 5.69 Å². The highest BCUT2D eigenvalue weighted by Gasteiger charge is 2.24. The lowest BCUT2D eigenvalue weighted by atomic mass is 10.2. The molecule has 0 radical (unpaired) electrons. The van der Waals surface area contributed by atoms with Gasteiger partial charge in [0, 0.05) is 25.0 Å². The van der Waals surface area contributed by atoms with Gasteiger partial charge < -0.3 is 5.32 Å². The first-order valence-electron chi connectivity index (χ1n) is 8.03. The van der Waals surface area contributed by atoms with Gasteiger partial charge in [0.25, 0.3) is 0 Å². The molecule has 1 aromatic heterocycles. The van der Waals surface area contributed by atoms with Crippen LogP contribution in [0.1, 0.15) is 50.7 Å². The van der Waals surface area contributed by atoms with Crippen LogP contribution in [0.3, 0.4) is 0 Å². The van der Waals surface area contributed by atoms with Crippen molar-refractivity contribution in [3.05, 3.63) is 16.1 Å². The Balaban J connectivity index is 1.77. The zero-order chi connectivity index (χ0) is 14.4. The maximum absolute atomic E-state index is 4.77. The minimum atomic E-state index is 0.702. The molecule has 0 unspecified atom stereocenters. The minimum absolute atomic E-state index is 0.702. The summed E-state index contributed by atoms with van der Waals surface area (Å²) in [6.07, 6.45) is 4.10. The van der Waals surface area contributed by atoms with Gasteiger partial charge >= 0.3 is 0 Å². The van der Waals surface area contributed by atoms with E-state index in [1.807, 2.05) is 0 Å². The molecule has 0 aromatic carbocycles. The molecule has 1 aliphatic carbocycles. The second-order valence-corrected chi connectivity index (χ2v) is 7.38. The van der Waals surface area contributed by atoms with Crippen molar-refractivity contribution in [1.29, 1.82) is 0 Å². The molecule has 0 spiro atoms. The number of rotatable bonds is 10. The molecule has 0 bridgehead atoms. The third-order valence-electron chi connectivity index (χ3n) is 3.57. The van der Waals surface area contributed by atoms with Crippen molar-refractivity contribution in [2.24, 2.45) is 11.8 Å². The molecule has 1 saturated carbocycles. The lowest BCUT2D eigenvalue weighted by molar-refractivity contribution is 0.252. The molecule has 1 heterocycles. The highest BCUT2D eigenvalue weighted by Crippen LogP contribution is 2.30. The van der Waals surface area contributed by atoms with Crippen LogP contribution in [0.2, 0.25) is 0 Å². The van der Waals surface area contributed by atoms with Gasteiger partial charge in [-0.3, -0.25) is 4.90 Å². The maximum atomic E-state index is 4.77. The van der Waals surface area contributed by atoms with Crippen LogP contribution < -0.4 is 5.32 Å². The van der Waals surface area contributed by atoms with Gasteiger partial charge in [-0.15, -0.1) is 11.3 Å². The fourth-order valence-electron chi connectivity index (χ4n) is 2.42. The maximum Gasteiger partial charge on any atom is 0.107 e. The van der Waals surface area contributed by atoms with Crippen LogP contribution in [0.15, 0.2) is 5.38 Å². The monoisotopic (exact) mass is 295 g/mol. The average Bonchev–Trinajstić information content (AvgIpc) is 3.09. The fourth-order valence-corrected chi connectivity index (χ4v) is 3.17. The highest BCUT2D eigenvalue weighted by molar-refractivity contribution is 7.09. The van der Waals surface area contributed by atoms with E-state index in [0.29, 0.717) is 5.92 Å². The summed E-state index contributed by atoms with van der Waals surface area (Å²) in [7, 11) is 0. The van der Waals surface area contributed by atoms with E-state index >= 15 is 0 Å². The molecule has 1 N–H and O–H groups in total.